The average molecular weight is 188 g/mol. The van der Waals surface area contributed by atoms with E-state index in [0.29, 0.717) is 12.8 Å². The van der Waals surface area contributed by atoms with Gasteiger partial charge in [-0.25, -0.2) is 0 Å². The Morgan fingerprint density at radius 3 is 2.62 bits per heavy atom. The summed E-state index contributed by atoms with van der Waals surface area (Å²) in [6, 6.07) is -1.87. The van der Waals surface area contributed by atoms with E-state index in [1.165, 1.54) is 0 Å². The number of carboxylic acid groups (broad SMARTS) is 1. The molecule has 0 aromatic carbocycles. The fraction of sp³-hybridized carbons (Fsp3) is 0.889. The van der Waals surface area contributed by atoms with Crippen molar-refractivity contribution in [1.82, 2.24) is 5.32 Å². The first-order valence-corrected chi connectivity index (χ1v) is 4.69. The molecule has 0 amide bonds. The summed E-state index contributed by atoms with van der Waals surface area (Å²) < 4.78 is 7.96. The van der Waals surface area contributed by atoms with Crippen molar-refractivity contribution in [2.24, 2.45) is 0 Å². The van der Waals surface area contributed by atoms with Gasteiger partial charge in [-0.1, -0.05) is 19.3 Å². The smallest absolute Gasteiger partial charge is 0.323 e. The van der Waals surface area contributed by atoms with Crippen molar-refractivity contribution in [3.05, 3.63) is 0 Å². The van der Waals surface area contributed by atoms with E-state index in [0.717, 1.165) is 19.3 Å². The summed E-state index contributed by atoms with van der Waals surface area (Å²) in [6.45, 7) is -0.462. The highest BCUT2D eigenvalue weighted by Gasteiger charge is 2.21. The van der Waals surface area contributed by atoms with Crippen LogP contribution in [0.3, 0.4) is 0 Å². The molecule has 0 saturated heterocycles. The highest BCUT2D eigenvalue weighted by atomic mass is 16.4. The van der Waals surface area contributed by atoms with Crippen LogP contribution >= 0.6 is 0 Å². The van der Waals surface area contributed by atoms with Crippen LogP contribution in [-0.4, -0.2) is 34.8 Å². The molecule has 4 nitrogen and oxygen atoms in total. The molecule has 0 spiro atoms. The fourth-order valence-corrected chi connectivity index (χ4v) is 1.55. The van der Waals surface area contributed by atoms with Crippen molar-refractivity contribution in [2.45, 2.75) is 44.2 Å². The summed E-state index contributed by atoms with van der Waals surface area (Å²) in [5.74, 6) is -1.09. The average Bonchev–Trinajstić information content (AvgIpc) is 2.15. The molecule has 0 aromatic rings. The second-order valence-corrected chi connectivity index (χ2v) is 3.38. The lowest BCUT2D eigenvalue weighted by atomic mass is 9.95. The molecule has 3 N–H and O–H groups in total. The van der Waals surface area contributed by atoms with Gasteiger partial charge in [0.2, 0.25) is 0 Å². The molecule has 76 valence electrons. The summed E-state index contributed by atoms with van der Waals surface area (Å²) in [5, 5.41) is 20.2. The van der Waals surface area contributed by atoms with Crippen LogP contribution in [0.15, 0.2) is 0 Å². The first-order chi connectivity index (χ1) is 6.57. The molecular formula is C9H17NO3. The molecule has 0 aromatic heterocycles. The zero-order valence-electron chi connectivity index (χ0n) is 8.62. The van der Waals surface area contributed by atoms with Crippen molar-refractivity contribution >= 4 is 5.97 Å². The van der Waals surface area contributed by atoms with E-state index in [1.807, 2.05) is 0 Å². The Morgan fingerprint density at radius 2 is 2.15 bits per heavy atom. The molecule has 0 unspecified atom stereocenters. The number of hydrogen-bond acceptors (Lipinski definition) is 3. The minimum absolute atomic E-state index is 0.462. The Balaban J connectivity index is 2.50. The maximum absolute atomic E-state index is 10.6. The van der Waals surface area contributed by atoms with Crippen LogP contribution < -0.4 is 5.32 Å². The van der Waals surface area contributed by atoms with E-state index in [1.54, 1.807) is 0 Å². The highest BCUT2D eigenvalue weighted by molar-refractivity contribution is 5.73. The van der Waals surface area contributed by atoms with Gasteiger partial charge >= 0.3 is 5.97 Å². The Hall–Kier alpha value is -0.610. The van der Waals surface area contributed by atoms with Gasteiger partial charge in [-0.3, -0.25) is 10.1 Å². The number of rotatable bonds is 4. The second kappa shape index (κ2) is 5.19. The molecule has 4 heteroatoms. The Labute approximate surface area is 79.4 Å². The number of aliphatic hydroxyl groups is 1. The lowest BCUT2D eigenvalue weighted by Gasteiger charge is -2.25. The monoisotopic (exact) mass is 188 g/mol. The first-order valence-electron chi connectivity index (χ1n) is 5.19. The SMILES string of the molecule is [2H]C1(N[C@@H](CO)C(=O)O)CCCCC1. The minimum Gasteiger partial charge on any atom is -0.480 e. The topological polar surface area (TPSA) is 69.6 Å². The highest BCUT2D eigenvalue weighted by Crippen LogP contribution is 2.17. The van der Waals surface area contributed by atoms with Gasteiger partial charge in [-0.15, -0.1) is 0 Å². The molecule has 0 bridgehead atoms. The molecule has 1 aliphatic rings. The van der Waals surface area contributed by atoms with Crippen LogP contribution in [0.25, 0.3) is 0 Å². The van der Waals surface area contributed by atoms with Crippen molar-refractivity contribution in [3.63, 3.8) is 0 Å². The van der Waals surface area contributed by atoms with Gasteiger partial charge in [-0.2, -0.15) is 0 Å². The van der Waals surface area contributed by atoms with Gasteiger partial charge < -0.3 is 10.2 Å². The summed E-state index contributed by atoms with van der Waals surface area (Å²) >= 11 is 0. The van der Waals surface area contributed by atoms with E-state index in [-0.39, 0.29) is 0 Å². The van der Waals surface area contributed by atoms with Crippen molar-refractivity contribution in [1.29, 1.82) is 0 Å². The zero-order chi connectivity index (χ0) is 10.6. The number of aliphatic hydroxyl groups excluding tert-OH is 1. The normalized spacial score (nSPS) is 24.8. The molecule has 1 aliphatic carbocycles. The van der Waals surface area contributed by atoms with E-state index >= 15 is 0 Å². The molecule has 0 heterocycles. The van der Waals surface area contributed by atoms with Gasteiger partial charge in [0.1, 0.15) is 6.04 Å². The summed E-state index contributed by atoms with van der Waals surface area (Å²) in [4.78, 5) is 10.6. The molecule has 1 atom stereocenters. The number of aliphatic carboxylic acids is 1. The molecule has 1 saturated carbocycles. The minimum atomic E-state index is -1.09. The Kier molecular flexibility index (Phi) is 3.58. The Morgan fingerprint density at radius 1 is 1.54 bits per heavy atom. The maximum Gasteiger partial charge on any atom is 0.323 e. The summed E-state index contributed by atoms with van der Waals surface area (Å²) in [5.41, 5.74) is 0. The third kappa shape index (κ3) is 3.32. The van der Waals surface area contributed by atoms with Gasteiger partial charge in [0.25, 0.3) is 0 Å². The van der Waals surface area contributed by atoms with Crippen LogP contribution in [-0.2, 0) is 4.79 Å². The van der Waals surface area contributed by atoms with Crippen LogP contribution in [0.1, 0.15) is 33.5 Å². The third-order valence-corrected chi connectivity index (χ3v) is 2.32. The second-order valence-electron chi connectivity index (χ2n) is 3.38. The van der Waals surface area contributed by atoms with E-state index in [9.17, 15) is 4.79 Å². The molecule has 1 rings (SSSR count). The van der Waals surface area contributed by atoms with Crippen LogP contribution in [0.5, 0.6) is 0 Å². The van der Waals surface area contributed by atoms with Gasteiger partial charge in [0.05, 0.1) is 6.61 Å². The third-order valence-electron chi connectivity index (χ3n) is 2.32. The van der Waals surface area contributed by atoms with Crippen molar-refractivity contribution in [3.8, 4) is 0 Å². The molecule has 13 heavy (non-hydrogen) atoms. The van der Waals surface area contributed by atoms with E-state index in [4.69, 9.17) is 11.6 Å². The van der Waals surface area contributed by atoms with Gasteiger partial charge in [0, 0.05) is 7.39 Å². The summed E-state index contributed by atoms with van der Waals surface area (Å²) in [6.07, 6.45) is 4.34. The molecule has 0 radical (unpaired) electrons. The quantitative estimate of drug-likeness (QED) is 0.595. The maximum atomic E-state index is 10.6. The van der Waals surface area contributed by atoms with Crippen LogP contribution in [0.4, 0.5) is 0 Å². The predicted molar refractivity (Wildman–Crippen MR) is 48.5 cm³/mol. The molecule has 0 aliphatic heterocycles. The van der Waals surface area contributed by atoms with Crippen LogP contribution in [0, 0.1) is 0 Å². The van der Waals surface area contributed by atoms with Crippen molar-refractivity contribution in [2.75, 3.05) is 6.61 Å². The predicted octanol–water partition coefficient (Wildman–Crippen LogP) is 0.354. The largest absolute Gasteiger partial charge is 0.480 e. The lowest BCUT2D eigenvalue weighted by molar-refractivity contribution is -0.140. The van der Waals surface area contributed by atoms with Crippen LogP contribution in [0.2, 0.25) is 0 Å². The van der Waals surface area contributed by atoms with E-state index < -0.39 is 24.6 Å². The number of carbonyl (C=O) groups is 1. The number of nitrogens with one attached hydrogen (secondary N) is 1. The fourth-order valence-electron chi connectivity index (χ4n) is 1.55. The molecule has 1 fully saturated rings. The van der Waals surface area contributed by atoms with Gasteiger partial charge in [-0.05, 0) is 12.8 Å². The first kappa shape index (κ1) is 8.97. The van der Waals surface area contributed by atoms with E-state index in [2.05, 4.69) is 5.32 Å². The van der Waals surface area contributed by atoms with Gasteiger partial charge in [0.15, 0.2) is 0 Å². The summed E-state index contributed by atoms with van der Waals surface area (Å²) in [7, 11) is 0. The Bertz CT molecular complexity index is 204. The van der Waals surface area contributed by atoms with Crippen molar-refractivity contribution < 1.29 is 16.4 Å². The zero-order valence-corrected chi connectivity index (χ0v) is 7.62. The lowest BCUT2D eigenvalue weighted by Crippen LogP contribution is -2.46. The number of hydrogen-bond donors (Lipinski definition) is 3. The number of carboxylic acids is 1. The molecular weight excluding hydrogens is 170 g/mol. The standard InChI is InChI=1S/C9H17NO3/c11-6-8(9(12)13)10-7-4-2-1-3-5-7/h7-8,10-11H,1-6H2,(H,12,13)/t8-/m0/s1/i7D.